The summed E-state index contributed by atoms with van der Waals surface area (Å²) in [6.07, 6.45) is 3.19. The predicted molar refractivity (Wildman–Crippen MR) is 55.6 cm³/mol. The summed E-state index contributed by atoms with van der Waals surface area (Å²) >= 11 is 0. The Balaban J connectivity index is 2.21. The molecule has 1 aliphatic heterocycles. The van der Waals surface area contributed by atoms with Crippen molar-refractivity contribution in [2.75, 3.05) is 25.1 Å². The third-order valence-corrected chi connectivity index (χ3v) is 2.49. The molecule has 0 spiro atoms. The number of hydrogen-bond acceptors (Lipinski definition) is 3. The molecule has 0 amide bonds. The van der Waals surface area contributed by atoms with E-state index < -0.39 is 0 Å². The lowest BCUT2D eigenvalue weighted by molar-refractivity contribution is 0.187. The third-order valence-electron chi connectivity index (χ3n) is 2.49. The molecule has 1 saturated heterocycles. The smallest absolute Gasteiger partial charge is 0.203 e. The zero-order valence-corrected chi connectivity index (χ0v) is 8.79. The van der Waals surface area contributed by atoms with E-state index in [0.29, 0.717) is 6.04 Å². The first kappa shape index (κ1) is 9.52. The molecule has 4 heteroatoms. The van der Waals surface area contributed by atoms with Crippen molar-refractivity contribution in [1.82, 2.24) is 9.55 Å². The number of nitrogens with zero attached hydrogens (tertiary/aromatic N) is 2. The maximum Gasteiger partial charge on any atom is 0.203 e. The van der Waals surface area contributed by atoms with Gasteiger partial charge in [-0.1, -0.05) is 0 Å². The number of aromatic nitrogens is 2. The van der Waals surface area contributed by atoms with Gasteiger partial charge in [0.05, 0.1) is 18.3 Å². The van der Waals surface area contributed by atoms with E-state index in [1.54, 1.807) is 0 Å². The van der Waals surface area contributed by atoms with Crippen LogP contribution in [0.5, 0.6) is 0 Å². The van der Waals surface area contributed by atoms with Gasteiger partial charge in [0.2, 0.25) is 5.95 Å². The Morgan fingerprint density at radius 3 is 3.21 bits per heavy atom. The highest BCUT2D eigenvalue weighted by Crippen LogP contribution is 2.23. The van der Waals surface area contributed by atoms with Gasteiger partial charge in [0.15, 0.2) is 0 Å². The molecule has 1 aliphatic rings. The van der Waals surface area contributed by atoms with Crippen LogP contribution in [0.1, 0.15) is 25.1 Å². The SMILES string of the molecule is CCNc1nc(C)cn1C1CCOC1. The predicted octanol–water partition coefficient (Wildman–Crippen LogP) is 1.58. The number of ether oxygens (including phenoxy) is 1. The van der Waals surface area contributed by atoms with E-state index in [2.05, 4.69) is 28.0 Å². The van der Waals surface area contributed by atoms with E-state index in [1.807, 2.05) is 6.92 Å². The highest BCUT2D eigenvalue weighted by Gasteiger charge is 2.20. The van der Waals surface area contributed by atoms with E-state index in [1.165, 1.54) is 0 Å². The minimum Gasteiger partial charge on any atom is -0.379 e. The molecular formula is C10H17N3O. The zero-order valence-electron chi connectivity index (χ0n) is 8.79. The van der Waals surface area contributed by atoms with Gasteiger partial charge in [-0.2, -0.15) is 0 Å². The van der Waals surface area contributed by atoms with Crippen LogP contribution in [0, 0.1) is 6.92 Å². The van der Waals surface area contributed by atoms with Gasteiger partial charge >= 0.3 is 0 Å². The Morgan fingerprint density at radius 1 is 1.71 bits per heavy atom. The quantitative estimate of drug-likeness (QED) is 0.796. The lowest BCUT2D eigenvalue weighted by Crippen LogP contribution is -2.12. The van der Waals surface area contributed by atoms with Gasteiger partial charge in [-0.15, -0.1) is 0 Å². The van der Waals surface area contributed by atoms with Crippen LogP contribution in [0.3, 0.4) is 0 Å². The lowest BCUT2D eigenvalue weighted by atomic mass is 10.2. The molecule has 1 atom stereocenters. The molecule has 1 aromatic heterocycles. The molecule has 0 aromatic carbocycles. The second kappa shape index (κ2) is 4.00. The molecule has 1 aromatic rings. The summed E-state index contributed by atoms with van der Waals surface area (Å²) in [5, 5.41) is 3.27. The van der Waals surface area contributed by atoms with Crippen LogP contribution >= 0.6 is 0 Å². The number of aryl methyl sites for hydroxylation is 1. The zero-order chi connectivity index (χ0) is 9.97. The second-order valence-electron chi connectivity index (χ2n) is 3.66. The summed E-state index contributed by atoms with van der Waals surface area (Å²) in [5.41, 5.74) is 1.06. The van der Waals surface area contributed by atoms with Gasteiger partial charge in [-0.3, -0.25) is 0 Å². The van der Waals surface area contributed by atoms with E-state index in [4.69, 9.17) is 4.74 Å². The number of nitrogens with one attached hydrogen (secondary N) is 1. The molecule has 2 heterocycles. The normalized spacial score (nSPS) is 21.4. The van der Waals surface area contributed by atoms with Crippen molar-refractivity contribution < 1.29 is 4.74 Å². The van der Waals surface area contributed by atoms with E-state index >= 15 is 0 Å². The van der Waals surface area contributed by atoms with Crippen molar-refractivity contribution in [3.63, 3.8) is 0 Å². The number of rotatable bonds is 3. The molecule has 1 fully saturated rings. The van der Waals surface area contributed by atoms with Crippen LogP contribution in [0.25, 0.3) is 0 Å². The maximum atomic E-state index is 5.38. The lowest BCUT2D eigenvalue weighted by Gasteiger charge is -2.13. The molecule has 0 aliphatic carbocycles. The van der Waals surface area contributed by atoms with Crippen molar-refractivity contribution in [3.05, 3.63) is 11.9 Å². The second-order valence-corrected chi connectivity index (χ2v) is 3.66. The molecule has 0 radical (unpaired) electrons. The van der Waals surface area contributed by atoms with Crippen LogP contribution in [0.15, 0.2) is 6.20 Å². The fourth-order valence-electron chi connectivity index (χ4n) is 1.82. The van der Waals surface area contributed by atoms with Gasteiger partial charge in [0, 0.05) is 19.3 Å². The number of imidazole rings is 1. The monoisotopic (exact) mass is 195 g/mol. The van der Waals surface area contributed by atoms with Crippen molar-refractivity contribution in [3.8, 4) is 0 Å². The summed E-state index contributed by atoms with van der Waals surface area (Å²) in [7, 11) is 0. The average Bonchev–Trinajstić information content (AvgIpc) is 2.74. The molecule has 4 nitrogen and oxygen atoms in total. The standard InChI is InChI=1S/C10H17N3O/c1-3-11-10-12-8(2)6-13(10)9-4-5-14-7-9/h6,9H,3-5,7H2,1-2H3,(H,11,12). The Kier molecular flexibility index (Phi) is 2.72. The Morgan fingerprint density at radius 2 is 2.57 bits per heavy atom. The number of anilines is 1. The van der Waals surface area contributed by atoms with Crippen LogP contribution in [-0.2, 0) is 4.74 Å². The maximum absolute atomic E-state index is 5.38. The Labute approximate surface area is 84.3 Å². The number of hydrogen-bond donors (Lipinski definition) is 1. The molecule has 78 valence electrons. The summed E-state index contributed by atoms with van der Waals surface area (Å²) in [6.45, 7) is 6.69. The first-order valence-electron chi connectivity index (χ1n) is 5.18. The van der Waals surface area contributed by atoms with Gasteiger partial charge in [0.1, 0.15) is 0 Å². The largest absolute Gasteiger partial charge is 0.379 e. The molecule has 0 saturated carbocycles. The minimum atomic E-state index is 0.463. The summed E-state index contributed by atoms with van der Waals surface area (Å²) in [4.78, 5) is 4.44. The minimum absolute atomic E-state index is 0.463. The van der Waals surface area contributed by atoms with E-state index in [-0.39, 0.29) is 0 Å². The van der Waals surface area contributed by atoms with Crippen molar-refractivity contribution in [1.29, 1.82) is 0 Å². The first-order valence-corrected chi connectivity index (χ1v) is 5.18. The highest BCUT2D eigenvalue weighted by atomic mass is 16.5. The Bertz CT molecular complexity index is 302. The molecular weight excluding hydrogens is 178 g/mol. The van der Waals surface area contributed by atoms with Crippen LogP contribution in [0.4, 0.5) is 5.95 Å². The fraction of sp³-hybridized carbons (Fsp3) is 0.700. The average molecular weight is 195 g/mol. The fourth-order valence-corrected chi connectivity index (χ4v) is 1.82. The van der Waals surface area contributed by atoms with Crippen LogP contribution in [0.2, 0.25) is 0 Å². The summed E-state index contributed by atoms with van der Waals surface area (Å²) in [6, 6.07) is 0.463. The molecule has 1 N–H and O–H groups in total. The first-order chi connectivity index (χ1) is 6.81. The molecule has 1 unspecified atom stereocenters. The molecule has 2 rings (SSSR count). The molecule has 0 bridgehead atoms. The van der Waals surface area contributed by atoms with E-state index in [9.17, 15) is 0 Å². The third kappa shape index (κ3) is 1.75. The van der Waals surface area contributed by atoms with Crippen LogP contribution < -0.4 is 5.32 Å². The topological polar surface area (TPSA) is 39.1 Å². The molecule has 14 heavy (non-hydrogen) atoms. The van der Waals surface area contributed by atoms with Gasteiger partial charge in [0.25, 0.3) is 0 Å². The van der Waals surface area contributed by atoms with Gasteiger partial charge in [-0.05, 0) is 20.3 Å². The summed E-state index contributed by atoms with van der Waals surface area (Å²) in [5.74, 6) is 0.973. The van der Waals surface area contributed by atoms with Gasteiger partial charge in [-0.25, -0.2) is 4.98 Å². The van der Waals surface area contributed by atoms with Crippen LogP contribution in [-0.4, -0.2) is 29.3 Å². The van der Waals surface area contributed by atoms with Gasteiger partial charge < -0.3 is 14.6 Å². The van der Waals surface area contributed by atoms with Crippen molar-refractivity contribution in [2.45, 2.75) is 26.3 Å². The highest BCUT2D eigenvalue weighted by molar-refractivity contribution is 5.29. The summed E-state index contributed by atoms with van der Waals surface area (Å²) < 4.78 is 7.58. The van der Waals surface area contributed by atoms with Crippen molar-refractivity contribution in [2.24, 2.45) is 0 Å². The Hall–Kier alpha value is -1.03. The van der Waals surface area contributed by atoms with E-state index in [0.717, 1.165) is 37.8 Å². The van der Waals surface area contributed by atoms with Crippen molar-refractivity contribution >= 4 is 5.95 Å².